The molecule has 1 unspecified atom stereocenters. The Morgan fingerprint density at radius 2 is 2.17 bits per heavy atom. The molecule has 18 heavy (non-hydrogen) atoms. The zero-order chi connectivity index (χ0) is 13.5. The first-order valence-electron chi connectivity index (χ1n) is 5.42. The van der Waals surface area contributed by atoms with E-state index in [2.05, 4.69) is 5.32 Å². The Morgan fingerprint density at radius 3 is 2.78 bits per heavy atom. The summed E-state index contributed by atoms with van der Waals surface area (Å²) in [7, 11) is 1.47. The molecule has 1 aromatic carbocycles. The number of rotatable bonds is 5. The molecule has 0 bridgehead atoms. The van der Waals surface area contributed by atoms with Crippen LogP contribution in [0.25, 0.3) is 0 Å². The van der Waals surface area contributed by atoms with E-state index in [0.29, 0.717) is 11.4 Å². The number of carbonyl (C=O) groups excluding carboxylic acids is 2. The number of nitrogens with one attached hydrogen (secondary N) is 1. The number of anilines is 1. The van der Waals surface area contributed by atoms with Crippen LogP contribution >= 0.6 is 0 Å². The summed E-state index contributed by atoms with van der Waals surface area (Å²) in [6.45, 7) is 1.21. The predicted molar refractivity (Wildman–Crippen MR) is 66.0 cm³/mol. The lowest BCUT2D eigenvalue weighted by atomic mass is 10.3. The Bertz CT molecular complexity index is 434. The average molecular weight is 252 g/mol. The molecule has 1 rings (SSSR count). The molecule has 0 saturated carbocycles. The number of carbonyl (C=O) groups is 2. The Labute approximate surface area is 105 Å². The predicted octanol–water partition coefficient (Wildman–Crippen LogP) is 0.325. The SMILES string of the molecule is CNC(=O)C(C)OC(=O)COc1cccc(N)c1. The Balaban J connectivity index is 2.40. The second-order valence-corrected chi connectivity index (χ2v) is 3.61. The summed E-state index contributed by atoms with van der Waals surface area (Å²) in [5.74, 6) is -0.514. The molecule has 98 valence electrons. The fraction of sp³-hybridized carbons (Fsp3) is 0.333. The molecular weight excluding hydrogens is 236 g/mol. The van der Waals surface area contributed by atoms with Crippen LogP contribution in [0.1, 0.15) is 6.92 Å². The monoisotopic (exact) mass is 252 g/mol. The van der Waals surface area contributed by atoms with Crippen LogP contribution in [0.3, 0.4) is 0 Å². The van der Waals surface area contributed by atoms with Crippen molar-refractivity contribution < 1.29 is 19.1 Å². The van der Waals surface area contributed by atoms with E-state index in [9.17, 15) is 9.59 Å². The van der Waals surface area contributed by atoms with Gasteiger partial charge in [0.25, 0.3) is 5.91 Å². The van der Waals surface area contributed by atoms with Gasteiger partial charge in [-0.1, -0.05) is 6.07 Å². The van der Waals surface area contributed by atoms with Crippen LogP contribution in [0.2, 0.25) is 0 Å². The van der Waals surface area contributed by atoms with Crippen LogP contribution in [0.4, 0.5) is 5.69 Å². The molecule has 6 nitrogen and oxygen atoms in total. The van der Waals surface area contributed by atoms with Gasteiger partial charge in [-0.2, -0.15) is 0 Å². The van der Waals surface area contributed by atoms with Gasteiger partial charge in [-0.25, -0.2) is 4.79 Å². The van der Waals surface area contributed by atoms with Crippen LogP contribution in [-0.2, 0) is 14.3 Å². The minimum Gasteiger partial charge on any atom is -0.482 e. The van der Waals surface area contributed by atoms with E-state index in [1.807, 2.05) is 0 Å². The Morgan fingerprint density at radius 1 is 1.44 bits per heavy atom. The maximum Gasteiger partial charge on any atom is 0.344 e. The van der Waals surface area contributed by atoms with E-state index in [1.54, 1.807) is 24.3 Å². The highest BCUT2D eigenvalue weighted by Gasteiger charge is 2.16. The smallest absolute Gasteiger partial charge is 0.344 e. The van der Waals surface area contributed by atoms with E-state index in [1.165, 1.54) is 14.0 Å². The summed E-state index contributed by atoms with van der Waals surface area (Å²) < 4.78 is 10.0. The molecule has 0 heterocycles. The van der Waals surface area contributed by atoms with E-state index < -0.39 is 12.1 Å². The highest BCUT2D eigenvalue weighted by atomic mass is 16.6. The summed E-state index contributed by atoms with van der Waals surface area (Å²) in [5, 5.41) is 2.38. The summed E-state index contributed by atoms with van der Waals surface area (Å²) in [4.78, 5) is 22.5. The molecule has 0 aliphatic rings. The number of likely N-dealkylation sites (N-methyl/N-ethyl adjacent to an activating group) is 1. The van der Waals surface area contributed by atoms with Crippen molar-refractivity contribution >= 4 is 17.6 Å². The van der Waals surface area contributed by atoms with Crippen molar-refractivity contribution in [3.05, 3.63) is 24.3 Å². The van der Waals surface area contributed by atoms with Gasteiger partial charge in [-0.3, -0.25) is 4.79 Å². The first kappa shape index (κ1) is 13.8. The average Bonchev–Trinajstić information content (AvgIpc) is 2.35. The maximum atomic E-state index is 11.4. The number of hydrogen-bond donors (Lipinski definition) is 2. The van der Waals surface area contributed by atoms with Crippen LogP contribution in [-0.4, -0.2) is 31.6 Å². The van der Waals surface area contributed by atoms with Crippen LogP contribution < -0.4 is 15.8 Å². The fourth-order valence-corrected chi connectivity index (χ4v) is 1.23. The normalized spacial score (nSPS) is 11.4. The number of hydrogen-bond acceptors (Lipinski definition) is 5. The number of nitrogen functional groups attached to an aromatic ring is 1. The molecule has 0 aliphatic heterocycles. The maximum absolute atomic E-state index is 11.4. The first-order valence-corrected chi connectivity index (χ1v) is 5.42. The van der Waals surface area contributed by atoms with E-state index in [4.69, 9.17) is 15.2 Å². The zero-order valence-corrected chi connectivity index (χ0v) is 10.3. The highest BCUT2D eigenvalue weighted by molar-refractivity contribution is 5.83. The Kier molecular flexibility index (Phi) is 4.98. The lowest BCUT2D eigenvalue weighted by molar-refractivity contribution is -0.156. The van der Waals surface area contributed by atoms with Gasteiger partial charge >= 0.3 is 5.97 Å². The van der Waals surface area contributed by atoms with Gasteiger partial charge in [0.1, 0.15) is 5.75 Å². The second-order valence-electron chi connectivity index (χ2n) is 3.61. The fourth-order valence-electron chi connectivity index (χ4n) is 1.23. The highest BCUT2D eigenvalue weighted by Crippen LogP contribution is 2.14. The van der Waals surface area contributed by atoms with Gasteiger partial charge in [0.05, 0.1) is 0 Å². The number of benzene rings is 1. The van der Waals surface area contributed by atoms with Gasteiger partial charge in [-0.15, -0.1) is 0 Å². The summed E-state index contributed by atoms with van der Waals surface area (Å²) in [6, 6.07) is 6.68. The van der Waals surface area contributed by atoms with Gasteiger partial charge in [0.2, 0.25) is 0 Å². The lowest BCUT2D eigenvalue weighted by Gasteiger charge is -2.12. The molecule has 0 aromatic heterocycles. The minimum atomic E-state index is -0.841. The number of nitrogens with two attached hydrogens (primary N) is 1. The van der Waals surface area contributed by atoms with Crippen molar-refractivity contribution in [3.63, 3.8) is 0 Å². The zero-order valence-electron chi connectivity index (χ0n) is 10.3. The molecule has 1 atom stereocenters. The van der Waals surface area contributed by atoms with Crippen molar-refractivity contribution in [1.29, 1.82) is 0 Å². The topological polar surface area (TPSA) is 90.6 Å². The quantitative estimate of drug-likeness (QED) is 0.582. The lowest BCUT2D eigenvalue weighted by Crippen LogP contribution is -2.34. The van der Waals surface area contributed by atoms with Crippen molar-refractivity contribution in [3.8, 4) is 5.75 Å². The number of amides is 1. The van der Waals surface area contributed by atoms with Crippen molar-refractivity contribution in [1.82, 2.24) is 5.32 Å². The number of esters is 1. The van der Waals surface area contributed by atoms with Crippen LogP contribution in [0.15, 0.2) is 24.3 Å². The molecule has 0 saturated heterocycles. The van der Waals surface area contributed by atoms with Crippen LogP contribution in [0, 0.1) is 0 Å². The van der Waals surface area contributed by atoms with Gasteiger partial charge in [0.15, 0.2) is 12.7 Å². The molecule has 0 fully saturated rings. The van der Waals surface area contributed by atoms with Gasteiger partial charge in [-0.05, 0) is 19.1 Å². The molecule has 0 spiro atoms. The van der Waals surface area contributed by atoms with Crippen molar-refractivity contribution in [2.75, 3.05) is 19.4 Å². The van der Waals surface area contributed by atoms with Gasteiger partial charge < -0.3 is 20.5 Å². The van der Waals surface area contributed by atoms with Crippen molar-refractivity contribution in [2.24, 2.45) is 0 Å². The third kappa shape index (κ3) is 4.32. The largest absolute Gasteiger partial charge is 0.482 e. The third-order valence-corrected chi connectivity index (χ3v) is 2.14. The molecule has 3 N–H and O–H groups in total. The number of ether oxygens (including phenoxy) is 2. The molecule has 0 radical (unpaired) electrons. The standard InChI is InChI=1S/C12H16N2O4/c1-8(12(16)14-2)18-11(15)7-17-10-5-3-4-9(13)6-10/h3-6,8H,7,13H2,1-2H3,(H,14,16). The van der Waals surface area contributed by atoms with Crippen molar-refractivity contribution in [2.45, 2.75) is 13.0 Å². The molecular formula is C12H16N2O4. The van der Waals surface area contributed by atoms with Gasteiger partial charge in [0, 0.05) is 18.8 Å². The van der Waals surface area contributed by atoms with Crippen LogP contribution in [0.5, 0.6) is 5.75 Å². The molecule has 6 heteroatoms. The third-order valence-electron chi connectivity index (χ3n) is 2.14. The van der Waals surface area contributed by atoms with E-state index in [-0.39, 0.29) is 12.5 Å². The molecule has 0 aliphatic carbocycles. The summed E-state index contributed by atoms with van der Waals surface area (Å²) in [6.07, 6.45) is -0.841. The van der Waals surface area contributed by atoms with E-state index >= 15 is 0 Å². The Hall–Kier alpha value is -2.24. The minimum absolute atomic E-state index is 0.273. The summed E-state index contributed by atoms with van der Waals surface area (Å²) >= 11 is 0. The first-order chi connectivity index (χ1) is 8.52. The van der Waals surface area contributed by atoms with E-state index in [0.717, 1.165) is 0 Å². The molecule has 1 amide bonds. The second kappa shape index (κ2) is 6.48. The molecule has 1 aromatic rings. The summed E-state index contributed by atoms with van der Waals surface area (Å²) in [5.41, 5.74) is 6.10.